The first-order chi connectivity index (χ1) is 14.6. The van der Waals surface area contributed by atoms with E-state index in [-0.39, 0.29) is 29.7 Å². The van der Waals surface area contributed by atoms with E-state index in [2.05, 4.69) is 15.5 Å². The van der Waals surface area contributed by atoms with Crippen LogP contribution in [-0.4, -0.2) is 72.0 Å². The predicted octanol–water partition coefficient (Wildman–Crippen LogP) is 0.402. The van der Waals surface area contributed by atoms with Gasteiger partial charge in [-0.3, -0.25) is 24.6 Å². The highest BCUT2D eigenvalue weighted by atomic mass is 16.5. The van der Waals surface area contributed by atoms with Crippen molar-refractivity contribution in [1.29, 1.82) is 0 Å². The highest BCUT2D eigenvalue weighted by molar-refractivity contribution is 6.06. The van der Waals surface area contributed by atoms with Crippen molar-refractivity contribution in [3.05, 3.63) is 34.9 Å². The molecule has 4 aliphatic heterocycles. The van der Waals surface area contributed by atoms with Crippen molar-refractivity contribution >= 4 is 17.7 Å². The topological polar surface area (TPSA) is 91.0 Å². The van der Waals surface area contributed by atoms with Gasteiger partial charge in [0.15, 0.2) is 0 Å². The Morgan fingerprint density at radius 1 is 1.17 bits per heavy atom. The number of imide groups is 1. The lowest BCUT2D eigenvalue weighted by atomic mass is 9.85. The molecule has 1 aromatic rings. The van der Waals surface area contributed by atoms with Crippen LogP contribution in [0.4, 0.5) is 0 Å². The molecule has 1 unspecified atom stereocenters. The van der Waals surface area contributed by atoms with E-state index >= 15 is 0 Å². The number of ether oxygens (including phenoxy) is 1. The molecule has 1 spiro atoms. The lowest BCUT2D eigenvalue weighted by molar-refractivity contribution is -0.136. The Hall–Kier alpha value is -2.29. The van der Waals surface area contributed by atoms with Crippen LogP contribution in [0.3, 0.4) is 0 Å². The lowest BCUT2D eigenvalue weighted by Crippen LogP contribution is -2.60. The normalized spacial score (nSPS) is 26.7. The van der Waals surface area contributed by atoms with Gasteiger partial charge in [0.05, 0.1) is 13.2 Å². The molecule has 0 saturated carbocycles. The fraction of sp³-hybridized carbons (Fsp3) is 0.591. The number of hydrogen-bond acceptors (Lipinski definition) is 6. The maximum atomic E-state index is 13.4. The number of carbonyl (C=O) groups excluding carboxylic acids is 3. The van der Waals surface area contributed by atoms with Gasteiger partial charge in [-0.2, -0.15) is 0 Å². The van der Waals surface area contributed by atoms with Crippen molar-refractivity contribution in [2.24, 2.45) is 0 Å². The Balaban J connectivity index is 1.40. The Bertz CT molecular complexity index is 872. The molecule has 0 aliphatic carbocycles. The zero-order valence-electron chi connectivity index (χ0n) is 17.1. The molecule has 8 nitrogen and oxygen atoms in total. The number of nitrogens with one attached hydrogen (secondary N) is 2. The number of benzene rings is 1. The van der Waals surface area contributed by atoms with Gasteiger partial charge in [0.25, 0.3) is 5.91 Å². The SMILES string of the molecule is O=C1CCC(N2Cc3cccc(CN4CCOCC45CCNCC5)c3C2=O)C(=O)N1. The fourth-order valence-electron chi connectivity index (χ4n) is 5.39. The number of nitrogens with zero attached hydrogens (tertiary/aromatic N) is 2. The van der Waals surface area contributed by atoms with Gasteiger partial charge in [-0.15, -0.1) is 0 Å². The molecular formula is C22H28N4O4. The van der Waals surface area contributed by atoms with E-state index in [0.29, 0.717) is 26.1 Å². The van der Waals surface area contributed by atoms with Crippen LogP contribution < -0.4 is 10.6 Å². The summed E-state index contributed by atoms with van der Waals surface area (Å²) in [7, 11) is 0. The number of fused-ring (bicyclic) bond motifs is 1. The zero-order chi connectivity index (χ0) is 20.7. The second-order valence-electron chi connectivity index (χ2n) is 8.80. The first kappa shape index (κ1) is 19.7. The van der Waals surface area contributed by atoms with Crippen LogP contribution in [-0.2, 0) is 27.4 Å². The number of amides is 3. The van der Waals surface area contributed by atoms with Crippen molar-refractivity contribution in [2.75, 3.05) is 32.8 Å². The Kier molecular flexibility index (Phi) is 5.08. The monoisotopic (exact) mass is 412 g/mol. The summed E-state index contributed by atoms with van der Waals surface area (Å²) < 4.78 is 5.84. The first-order valence-corrected chi connectivity index (χ1v) is 10.9. The summed E-state index contributed by atoms with van der Waals surface area (Å²) >= 11 is 0. The molecule has 0 aromatic heterocycles. The second kappa shape index (κ2) is 7.76. The Morgan fingerprint density at radius 2 is 2.00 bits per heavy atom. The van der Waals surface area contributed by atoms with Gasteiger partial charge in [0.1, 0.15) is 6.04 Å². The minimum Gasteiger partial charge on any atom is -0.378 e. The Labute approximate surface area is 175 Å². The van der Waals surface area contributed by atoms with Crippen LogP contribution in [0.15, 0.2) is 18.2 Å². The average Bonchev–Trinajstić information content (AvgIpc) is 3.08. The highest BCUT2D eigenvalue weighted by Crippen LogP contribution is 2.34. The third-order valence-corrected chi connectivity index (χ3v) is 7.08. The maximum Gasteiger partial charge on any atom is 0.255 e. The van der Waals surface area contributed by atoms with Crippen molar-refractivity contribution in [3.63, 3.8) is 0 Å². The fourth-order valence-corrected chi connectivity index (χ4v) is 5.39. The maximum absolute atomic E-state index is 13.4. The van der Waals surface area contributed by atoms with E-state index in [1.807, 2.05) is 18.2 Å². The van der Waals surface area contributed by atoms with Gasteiger partial charge >= 0.3 is 0 Å². The van der Waals surface area contributed by atoms with Gasteiger partial charge in [-0.1, -0.05) is 18.2 Å². The van der Waals surface area contributed by atoms with Gasteiger partial charge in [0.2, 0.25) is 11.8 Å². The standard InChI is InChI=1S/C22H28N4O4/c27-18-5-4-17(20(28)24-18)26-13-16-3-1-2-15(19(16)21(26)29)12-25-10-11-30-14-22(25)6-8-23-9-7-22/h1-3,17,23H,4-14H2,(H,24,27,28). The number of rotatable bonds is 3. The van der Waals surface area contributed by atoms with E-state index < -0.39 is 6.04 Å². The summed E-state index contributed by atoms with van der Waals surface area (Å²) in [5.74, 6) is -0.723. The quantitative estimate of drug-likeness (QED) is 0.699. The highest BCUT2D eigenvalue weighted by Gasteiger charge is 2.43. The van der Waals surface area contributed by atoms with Gasteiger partial charge in [-0.25, -0.2) is 0 Å². The number of morpholine rings is 1. The third-order valence-electron chi connectivity index (χ3n) is 7.08. The average molecular weight is 412 g/mol. The summed E-state index contributed by atoms with van der Waals surface area (Å²) in [6.45, 7) is 5.40. The minimum atomic E-state index is -0.574. The van der Waals surface area contributed by atoms with Crippen LogP contribution in [0.25, 0.3) is 0 Å². The minimum absolute atomic E-state index is 0.0250. The van der Waals surface area contributed by atoms with E-state index in [0.717, 1.165) is 55.8 Å². The summed E-state index contributed by atoms with van der Waals surface area (Å²) in [5, 5.41) is 5.81. The predicted molar refractivity (Wildman–Crippen MR) is 109 cm³/mol. The molecule has 1 atom stereocenters. The molecule has 4 heterocycles. The van der Waals surface area contributed by atoms with E-state index in [4.69, 9.17) is 4.74 Å². The summed E-state index contributed by atoms with van der Waals surface area (Å²) in [4.78, 5) is 41.3. The van der Waals surface area contributed by atoms with Crippen molar-refractivity contribution in [2.45, 2.75) is 50.4 Å². The molecule has 3 amide bonds. The molecule has 4 aliphatic rings. The van der Waals surface area contributed by atoms with Gasteiger partial charge in [-0.05, 0) is 43.5 Å². The van der Waals surface area contributed by atoms with Crippen molar-refractivity contribution < 1.29 is 19.1 Å². The van der Waals surface area contributed by atoms with Crippen LogP contribution in [0.1, 0.15) is 47.2 Å². The van der Waals surface area contributed by atoms with Crippen LogP contribution in [0.5, 0.6) is 0 Å². The molecule has 160 valence electrons. The molecule has 5 rings (SSSR count). The van der Waals surface area contributed by atoms with Gasteiger partial charge < -0.3 is 15.0 Å². The second-order valence-corrected chi connectivity index (χ2v) is 8.80. The summed E-state index contributed by atoms with van der Waals surface area (Å²) in [5.41, 5.74) is 2.75. The first-order valence-electron chi connectivity index (χ1n) is 10.9. The zero-order valence-corrected chi connectivity index (χ0v) is 17.1. The molecule has 3 fully saturated rings. The smallest absolute Gasteiger partial charge is 0.255 e. The number of hydrogen-bond donors (Lipinski definition) is 2. The van der Waals surface area contributed by atoms with Crippen LogP contribution in [0.2, 0.25) is 0 Å². The van der Waals surface area contributed by atoms with Crippen molar-refractivity contribution in [3.8, 4) is 0 Å². The summed E-state index contributed by atoms with van der Waals surface area (Å²) in [6.07, 6.45) is 2.74. The Morgan fingerprint density at radius 3 is 2.80 bits per heavy atom. The molecule has 2 N–H and O–H groups in total. The number of carbonyl (C=O) groups is 3. The van der Waals surface area contributed by atoms with Crippen molar-refractivity contribution in [1.82, 2.24) is 20.4 Å². The molecular weight excluding hydrogens is 384 g/mol. The largest absolute Gasteiger partial charge is 0.378 e. The molecule has 8 heteroatoms. The number of piperidine rings is 2. The molecule has 3 saturated heterocycles. The van der Waals surface area contributed by atoms with E-state index in [9.17, 15) is 14.4 Å². The van der Waals surface area contributed by atoms with Crippen LogP contribution >= 0.6 is 0 Å². The molecule has 0 bridgehead atoms. The third kappa shape index (κ3) is 3.33. The molecule has 30 heavy (non-hydrogen) atoms. The van der Waals surface area contributed by atoms with E-state index in [1.165, 1.54) is 0 Å². The van der Waals surface area contributed by atoms with Gasteiger partial charge in [0, 0.05) is 37.2 Å². The summed E-state index contributed by atoms with van der Waals surface area (Å²) in [6, 6.07) is 5.44. The van der Waals surface area contributed by atoms with E-state index in [1.54, 1.807) is 4.90 Å². The molecule has 1 aromatic carbocycles. The van der Waals surface area contributed by atoms with Crippen LogP contribution in [0, 0.1) is 0 Å². The lowest BCUT2D eigenvalue weighted by Gasteiger charge is -2.49. The molecule has 0 radical (unpaired) electrons.